The van der Waals surface area contributed by atoms with E-state index in [2.05, 4.69) is 15.3 Å². The Bertz CT molecular complexity index is 1280. The molecule has 0 saturated carbocycles. The number of carbonyl (C=O) groups is 2. The highest BCUT2D eigenvalue weighted by Gasteiger charge is 2.43. The number of anilines is 2. The molecule has 0 amide bonds. The maximum atomic E-state index is 12.8. The molecule has 3 aromatic rings. The number of thiazole rings is 1. The molecule has 34 heavy (non-hydrogen) atoms. The van der Waals surface area contributed by atoms with Crippen LogP contribution in [0, 0.1) is 5.92 Å². The van der Waals surface area contributed by atoms with E-state index in [4.69, 9.17) is 14.5 Å². The van der Waals surface area contributed by atoms with Crippen molar-refractivity contribution in [3.8, 4) is 11.3 Å². The Kier molecular flexibility index (Phi) is 6.83. The monoisotopic (exact) mass is 476 g/mol. The van der Waals surface area contributed by atoms with Crippen molar-refractivity contribution in [3.05, 3.63) is 71.0 Å². The van der Waals surface area contributed by atoms with E-state index >= 15 is 0 Å². The van der Waals surface area contributed by atoms with E-state index in [0.29, 0.717) is 22.1 Å². The van der Waals surface area contributed by atoms with Crippen molar-refractivity contribution >= 4 is 39.8 Å². The van der Waals surface area contributed by atoms with E-state index in [0.717, 1.165) is 22.5 Å². The highest BCUT2D eigenvalue weighted by atomic mass is 32.1. The Morgan fingerprint density at radius 3 is 2.47 bits per heavy atom. The van der Waals surface area contributed by atoms with Gasteiger partial charge in [0.15, 0.2) is 5.13 Å². The zero-order chi connectivity index (χ0) is 24.2. The third kappa shape index (κ3) is 4.47. The molecule has 2 aromatic heterocycles. The van der Waals surface area contributed by atoms with Crippen LogP contribution >= 0.6 is 11.3 Å². The predicted octanol–water partition coefficient (Wildman–Crippen LogP) is 4.74. The third-order valence-corrected chi connectivity index (χ3v) is 6.46. The first kappa shape index (κ1) is 23.3. The van der Waals surface area contributed by atoms with E-state index < -0.39 is 23.8 Å². The first-order valence-corrected chi connectivity index (χ1v) is 11.5. The lowest BCUT2D eigenvalue weighted by molar-refractivity contribution is -0.143. The highest BCUT2D eigenvalue weighted by molar-refractivity contribution is 7.14. The summed E-state index contributed by atoms with van der Waals surface area (Å²) in [5.74, 6) is -2.41. The first-order chi connectivity index (χ1) is 16.4. The Hall–Kier alpha value is -3.85. The van der Waals surface area contributed by atoms with Crippen molar-refractivity contribution in [1.29, 1.82) is 0 Å². The number of carbonyl (C=O) groups excluding carboxylic acids is 2. The molecule has 2 unspecified atom stereocenters. The van der Waals surface area contributed by atoms with Gasteiger partial charge in [0.1, 0.15) is 5.92 Å². The van der Waals surface area contributed by atoms with Crippen LogP contribution in [0.4, 0.5) is 10.8 Å². The quantitative estimate of drug-likeness (QED) is 0.513. The van der Waals surface area contributed by atoms with Gasteiger partial charge in [-0.2, -0.15) is 0 Å². The number of aliphatic imine (C=N–C) groups is 1. The molecule has 2 atom stereocenters. The molecule has 9 heteroatoms. The van der Waals surface area contributed by atoms with Crippen LogP contribution in [-0.2, 0) is 19.1 Å². The average molecular weight is 477 g/mol. The van der Waals surface area contributed by atoms with Gasteiger partial charge in [-0.15, -0.1) is 11.3 Å². The number of hydrogen-bond acceptors (Lipinski definition) is 9. The van der Waals surface area contributed by atoms with E-state index in [9.17, 15) is 9.59 Å². The van der Waals surface area contributed by atoms with Crippen molar-refractivity contribution in [3.63, 3.8) is 0 Å². The molecule has 3 heterocycles. The molecule has 0 spiro atoms. The van der Waals surface area contributed by atoms with Gasteiger partial charge in [0.2, 0.25) is 0 Å². The number of ether oxygens (including phenoxy) is 2. The highest BCUT2D eigenvalue weighted by Crippen LogP contribution is 2.43. The minimum atomic E-state index is -0.769. The van der Waals surface area contributed by atoms with E-state index in [1.807, 2.05) is 41.8 Å². The molecular weight excluding hydrogens is 452 g/mol. The molecule has 0 bridgehead atoms. The van der Waals surface area contributed by atoms with Crippen molar-refractivity contribution < 1.29 is 19.1 Å². The minimum Gasteiger partial charge on any atom is -0.468 e. The van der Waals surface area contributed by atoms with Crippen LogP contribution in [-0.4, -0.2) is 41.8 Å². The molecule has 1 aliphatic rings. The van der Waals surface area contributed by atoms with Gasteiger partial charge < -0.3 is 14.8 Å². The summed E-state index contributed by atoms with van der Waals surface area (Å²) in [7, 11) is 2.65. The standard InChI is InChI=1S/C25H24N4O4S/c1-14-20(23(30)32-3)22(21(15(2)27-14)24(31)33-4)17-7-5-6-8-18(17)28-25-29-19(13-34-25)16-9-11-26-12-10-16/h5-13,20,22H,1-4H3,(H,28,29). The molecule has 8 nitrogen and oxygen atoms in total. The van der Waals surface area contributed by atoms with Crippen LogP contribution in [0.1, 0.15) is 25.3 Å². The predicted molar refractivity (Wildman–Crippen MR) is 131 cm³/mol. The summed E-state index contributed by atoms with van der Waals surface area (Å²) in [6, 6.07) is 11.3. The second-order valence-corrected chi connectivity index (χ2v) is 8.57. The summed E-state index contributed by atoms with van der Waals surface area (Å²) in [5, 5.41) is 6.00. The lowest BCUT2D eigenvalue weighted by atomic mass is 9.75. The van der Waals surface area contributed by atoms with Crippen LogP contribution in [0.2, 0.25) is 0 Å². The van der Waals surface area contributed by atoms with Crippen LogP contribution in [0.3, 0.4) is 0 Å². The number of esters is 2. The first-order valence-electron chi connectivity index (χ1n) is 10.6. The number of hydrogen-bond donors (Lipinski definition) is 1. The Morgan fingerprint density at radius 2 is 1.76 bits per heavy atom. The third-order valence-electron chi connectivity index (χ3n) is 5.71. The van der Waals surface area contributed by atoms with Gasteiger partial charge in [0.25, 0.3) is 0 Å². The Balaban J connectivity index is 1.78. The number of pyridine rings is 1. The van der Waals surface area contributed by atoms with Crippen LogP contribution < -0.4 is 5.32 Å². The zero-order valence-corrected chi connectivity index (χ0v) is 20.1. The molecule has 4 rings (SSSR count). The fourth-order valence-electron chi connectivity index (χ4n) is 4.16. The smallest absolute Gasteiger partial charge is 0.336 e. The molecule has 1 N–H and O–H groups in total. The summed E-state index contributed by atoms with van der Waals surface area (Å²) in [6.45, 7) is 3.51. The molecule has 0 radical (unpaired) electrons. The molecule has 0 fully saturated rings. The number of rotatable bonds is 6. The number of nitrogens with zero attached hydrogens (tertiary/aromatic N) is 3. The van der Waals surface area contributed by atoms with Crippen LogP contribution in [0.25, 0.3) is 11.3 Å². The SMILES string of the molecule is COC(=O)C1=C(C)N=C(C)C(C(=O)OC)C1c1ccccc1Nc1nc(-c2ccncc2)cs1. The van der Waals surface area contributed by atoms with Crippen molar-refractivity contribution in [2.75, 3.05) is 19.5 Å². The number of allylic oxidation sites excluding steroid dienone is 1. The summed E-state index contributed by atoms with van der Waals surface area (Å²) < 4.78 is 10.2. The molecule has 174 valence electrons. The second-order valence-electron chi connectivity index (χ2n) is 7.71. The zero-order valence-electron chi connectivity index (χ0n) is 19.2. The topological polar surface area (TPSA) is 103 Å². The second kappa shape index (κ2) is 9.96. The van der Waals surface area contributed by atoms with Gasteiger partial charge in [0, 0.05) is 46.4 Å². The summed E-state index contributed by atoms with van der Waals surface area (Å²) in [4.78, 5) is 38.9. The molecule has 1 aromatic carbocycles. The van der Waals surface area contributed by atoms with Crippen molar-refractivity contribution in [2.45, 2.75) is 19.8 Å². The number of methoxy groups -OCH3 is 2. The molecule has 0 aliphatic carbocycles. The summed E-state index contributed by atoms with van der Waals surface area (Å²) in [5.41, 5.74) is 4.67. The molecule has 1 aliphatic heterocycles. The van der Waals surface area contributed by atoms with Gasteiger partial charge >= 0.3 is 11.9 Å². The Labute approximate surface area is 201 Å². The van der Waals surface area contributed by atoms with Gasteiger partial charge in [-0.25, -0.2) is 9.78 Å². The van der Waals surface area contributed by atoms with Gasteiger partial charge in [-0.1, -0.05) is 18.2 Å². The number of para-hydroxylation sites is 1. The Morgan fingerprint density at radius 1 is 1.03 bits per heavy atom. The fraction of sp³-hybridized carbons (Fsp3) is 0.240. The van der Waals surface area contributed by atoms with Gasteiger partial charge in [0.05, 0.1) is 25.5 Å². The van der Waals surface area contributed by atoms with Crippen molar-refractivity contribution in [2.24, 2.45) is 10.9 Å². The largest absolute Gasteiger partial charge is 0.468 e. The van der Waals surface area contributed by atoms with Gasteiger partial charge in [-0.05, 0) is 37.6 Å². The number of nitrogens with one attached hydrogen (secondary N) is 1. The average Bonchev–Trinajstić information content (AvgIpc) is 3.32. The van der Waals surface area contributed by atoms with E-state index in [1.54, 1.807) is 26.2 Å². The maximum Gasteiger partial charge on any atom is 0.336 e. The lowest BCUT2D eigenvalue weighted by Gasteiger charge is -2.32. The normalized spacial score (nSPS) is 17.7. The summed E-state index contributed by atoms with van der Waals surface area (Å²) >= 11 is 1.46. The fourth-order valence-corrected chi connectivity index (χ4v) is 4.90. The number of benzene rings is 1. The lowest BCUT2D eigenvalue weighted by Crippen LogP contribution is -2.36. The summed E-state index contributed by atoms with van der Waals surface area (Å²) in [6.07, 6.45) is 3.44. The van der Waals surface area contributed by atoms with Crippen LogP contribution in [0.15, 0.2) is 70.4 Å². The van der Waals surface area contributed by atoms with Crippen molar-refractivity contribution in [1.82, 2.24) is 9.97 Å². The van der Waals surface area contributed by atoms with E-state index in [1.165, 1.54) is 25.6 Å². The van der Waals surface area contributed by atoms with E-state index in [-0.39, 0.29) is 0 Å². The molecule has 0 saturated heterocycles. The molecular formula is C25H24N4O4S. The van der Waals surface area contributed by atoms with Crippen LogP contribution in [0.5, 0.6) is 0 Å². The minimum absolute atomic E-state index is 0.328. The van der Waals surface area contributed by atoms with Gasteiger partial charge in [-0.3, -0.25) is 14.8 Å². The maximum absolute atomic E-state index is 12.8. The number of aromatic nitrogens is 2.